The molecule has 0 spiro atoms. The third-order valence-corrected chi connectivity index (χ3v) is 6.52. The van der Waals surface area contributed by atoms with Crippen LogP contribution in [0, 0.1) is 0 Å². The van der Waals surface area contributed by atoms with E-state index in [4.69, 9.17) is 9.47 Å². The van der Waals surface area contributed by atoms with Crippen LogP contribution >= 0.6 is 0 Å². The molecule has 9 heteroatoms. The summed E-state index contributed by atoms with van der Waals surface area (Å²) in [6, 6.07) is 5.99. The van der Waals surface area contributed by atoms with Crippen molar-refractivity contribution < 1.29 is 27.5 Å². The standard InChI is InChI=1S/C19H28N2O6S/c1-5-26-17(22)20-14-6-8-15(9-7-14)28(24,25)16-10-12-21(13-11-16)18(23)27-19(2,3)4/h6-9,16H,5,10-13H2,1-4H3,(H,20,22). The normalized spacial score (nSPS) is 15.8. The molecule has 1 saturated heterocycles. The van der Waals surface area contributed by atoms with Crippen molar-refractivity contribution in [1.82, 2.24) is 4.90 Å². The van der Waals surface area contributed by atoms with E-state index in [0.29, 0.717) is 31.6 Å². The first-order chi connectivity index (χ1) is 13.0. The Bertz CT molecular complexity index is 791. The second-order valence-electron chi connectivity index (χ2n) is 7.58. The summed E-state index contributed by atoms with van der Waals surface area (Å²) < 4.78 is 35.9. The van der Waals surface area contributed by atoms with Gasteiger partial charge in [-0.15, -0.1) is 0 Å². The van der Waals surface area contributed by atoms with E-state index in [0.717, 1.165) is 0 Å². The molecule has 1 aliphatic heterocycles. The monoisotopic (exact) mass is 412 g/mol. The molecule has 1 aromatic carbocycles. The molecule has 0 unspecified atom stereocenters. The van der Waals surface area contributed by atoms with Crippen LogP contribution in [0.4, 0.5) is 15.3 Å². The molecule has 8 nitrogen and oxygen atoms in total. The molecule has 1 N–H and O–H groups in total. The van der Waals surface area contributed by atoms with Gasteiger partial charge in [-0.05, 0) is 64.8 Å². The van der Waals surface area contributed by atoms with E-state index in [2.05, 4.69) is 5.32 Å². The summed E-state index contributed by atoms with van der Waals surface area (Å²) in [6.45, 7) is 8.00. The number of anilines is 1. The maximum Gasteiger partial charge on any atom is 0.411 e. The molecular weight excluding hydrogens is 384 g/mol. The van der Waals surface area contributed by atoms with Crippen molar-refractivity contribution in [2.45, 2.75) is 56.3 Å². The van der Waals surface area contributed by atoms with Crippen LogP contribution in [0.15, 0.2) is 29.2 Å². The number of carbonyl (C=O) groups excluding carboxylic acids is 2. The quantitative estimate of drug-likeness (QED) is 0.813. The Balaban J connectivity index is 1.98. The van der Waals surface area contributed by atoms with Crippen LogP contribution in [0.3, 0.4) is 0 Å². The highest BCUT2D eigenvalue weighted by atomic mass is 32.2. The van der Waals surface area contributed by atoms with Crippen LogP contribution in [0.25, 0.3) is 0 Å². The van der Waals surface area contributed by atoms with Crippen molar-refractivity contribution in [2.75, 3.05) is 25.0 Å². The summed E-state index contributed by atoms with van der Waals surface area (Å²) in [4.78, 5) is 25.3. The molecule has 0 atom stereocenters. The van der Waals surface area contributed by atoms with Gasteiger partial charge in [0.2, 0.25) is 0 Å². The minimum atomic E-state index is -3.52. The van der Waals surface area contributed by atoms with Gasteiger partial charge in [-0.3, -0.25) is 5.32 Å². The molecule has 1 heterocycles. The lowest BCUT2D eigenvalue weighted by molar-refractivity contribution is 0.0217. The minimum absolute atomic E-state index is 0.192. The largest absolute Gasteiger partial charge is 0.450 e. The van der Waals surface area contributed by atoms with Crippen LogP contribution in [0.5, 0.6) is 0 Å². The number of nitrogens with one attached hydrogen (secondary N) is 1. The van der Waals surface area contributed by atoms with E-state index in [1.54, 1.807) is 32.6 Å². The summed E-state index contributed by atoms with van der Waals surface area (Å²) in [5.41, 5.74) is -0.128. The summed E-state index contributed by atoms with van der Waals surface area (Å²) >= 11 is 0. The molecule has 1 fully saturated rings. The number of amides is 2. The first kappa shape index (κ1) is 22.0. The number of hydrogen-bond acceptors (Lipinski definition) is 6. The van der Waals surface area contributed by atoms with Crippen molar-refractivity contribution in [3.8, 4) is 0 Å². The molecule has 0 saturated carbocycles. The number of benzene rings is 1. The van der Waals surface area contributed by atoms with Crippen molar-refractivity contribution in [3.05, 3.63) is 24.3 Å². The van der Waals surface area contributed by atoms with Gasteiger partial charge in [0.15, 0.2) is 9.84 Å². The number of ether oxygens (including phenoxy) is 2. The number of piperidine rings is 1. The van der Waals surface area contributed by atoms with Gasteiger partial charge in [-0.2, -0.15) is 0 Å². The van der Waals surface area contributed by atoms with E-state index in [1.807, 2.05) is 0 Å². The Kier molecular flexibility index (Phi) is 6.92. The molecule has 28 heavy (non-hydrogen) atoms. The molecule has 2 rings (SSSR count). The van der Waals surface area contributed by atoms with Gasteiger partial charge in [0.25, 0.3) is 0 Å². The molecule has 156 valence electrons. The van der Waals surface area contributed by atoms with Gasteiger partial charge >= 0.3 is 12.2 Å². The van der Waals surface area contributed by atoms with Crippen molar-refractivity contribution >= 4 is 27.7 Å². The summed E-state index contributed by atoms with van der Waals surface area (Å²) in [6.07, 6.45) is -0.306. The predicted molar refractivity (Wildman–Crippen MR) is 105 cm³/mol. The van der Waals surface area contributed by atoms with Crippen molar-refractivity contribution in [3.63, 3.8) is 0 Å². The number of sulfone groups is 1. The smallest absolute Gasteiger partial charge is 0.411 e. The second-order valence-corrected chi connectivity index (χ2v) is 9.81. The fourth-order valence-corrected chi connectivity index (χ4v) is 4.61. The SMILES string of the molecule is CCOC(=O)Nc1ccc(S(=O)(=O)C2CCN(C(=O)OC(C)(C)C)CC2)cc1. The molecule has 0 radical (unpaired) electrons. The topological polar surface area (TPSA) is 102 Å². The number of nitrogens with zero attached hydrogens (tertiary/aromatic N) is 1. The Morgan fingerprint density at radius 2 is 1.71 bits per heavy atom. The Hall–Kier alpha value is -2.29. The lowest BCUT2D eigenvalue weighted by atomic mass is 10.1. The first-order valence-corrected chi connectivity index (χ1v) is 10.8. The summed E-state index contributed by atoms with van der Waals surface area (Å²) in [7, 11) is -3.52. The predicted octanol–water partition coefficient (Wildman–Crippen LogP) is 3.43. The van der Waals surface area contributed by atoms with Crippen molar-refractivity contribution in [2.24, 2.45) is 0 Å². The highest BCUT2D eigenvalue weighted by molar-refractivity contribution is 7.92. The van der Waals surface area contributed by atoms with Gasteiger partial charge in [-0.1, -0.05) is 0 Å². The van der Waals surface area contributed by atoms with Gasteiger partial charge in [0.05, 0.1) is 16.8 Å². The van der Waals surface area contributed by atoms with E-state index >= 15 is 0 Å². The van der Waals surface area contributed by atoms with Crippen molar-refractivity contribution in [1.29, 1.82) is 0 Å². The molecule has 2 amide bonds. The molecule has 0 bridgehead atoms. The second kappa shape index (κ2) is 8.81. The first-order valence-electron chi connectivity index (χ1n) is 9.28. The molecular formula is C19H28N2O6S. The number of carbonyl (C=O) groups is 2. The van der Waals surface area contributed by atoms with E-state index < -0.39 is 32.9 Å². The Morgan fingerprint density at radius 3 is 2.21 bits per heavy atom. The fourth-order valence-electron chi connectivity index (χ4n) is 2.88. The minimum Gasteiger partial charge on any atom is -0.450 e. The van der Waals surface area contributed by atoms with E-state index in [1.165, 1.54) is 24.3 Å². The van der Waals surface area contributed by atoms with Gasteiger partial charge in [0, 0.05) is 18.8 Å². The van der Waals surface area contributed by atoms with Gasteiger partial charge in [-0.25, -0.2) is 18.0 Å². The summed E-state index contributed by atoms with van der Waals surface area (Å²) in [5.74, 6) is 0. The van der Waals surface area contributed by atoms with Crippen LogP contribution in [0.1, 0.15) is 40.5 Å². The number of rotatable bonds is 4. The van der Waals surface area contributed by atoms with Gasteiger partial charge in [0.1, 0.15) is 5.60 Å². The lowest BCUT2D eigenvalue weighted by Crippen LogP contribution is -2.44. The van der Waals surface area contributed by atoms with E-state index in [9.17, 15) is 18.0 Å². The van der Waals surface area contributed by atoms with Crippen LogP contribution in [-0.2, 0) is 19.3 Å². The van der Waals surface area contributed by atoms with Crippen LogP contribution in [0.2, 0.25) is 0 Å². The van der Waals surface area contributed by atoms with Gasteiger partial charge < -0.3 is 14.4 Å². The number of likely N-dealkylation sites (tertiary alicyclic amines) is 1. The highest BCUT2D eigenvalue weighted by Gasteiger charge is 2.34. The molecule has 1 aromatic rings. The zero-order chi connectivity index (χ0) is 20.9. The number of hydrogen-bond donors (Lipinski definition) is 1. The third-order valence-electron chi connectivity index (χ3n) is 4.24. The average Bonchev–Trinajstić information content (AvgIpc) is 2.61. The Labute approximate surface area is 166 Å². The molecule has 1 aliphatic rings. The zero-order valence-corrected chi connectivity index (χ0v) is 17.5. The summed E-state index contributed by atoms with van der Waals surface area (Å²) in [5, 5.41) is 1.96. The Morgan fingerprint density at radius 1 is 1.14 bits per heavy atom. The molecule has 0 aromatic heterocycles. The zero-order valence-electron chi connectivity index (χ0n) is 16.7. The fraction of sp³-hybridized carbons (Fsp3) is 0.579. The van der Waals surface area contributed by atoms with E-state index in [-0.39, 0.29) is 11.5 Å². The third kappa shape index (κ3) is 5.85. The lowest BCUT2D eigenvalue weighted by Gasteiger charge is -2.33. The maximum atomic E-state index is 12.9. The van der Waals surface area contributed by atoms with Crippen LogP contribution < -0.4 is 5.32 Å². The molecule has 0 aliphatic carbocycles. The van der Waals surface area contributed by atoms with Crippen LogP contribution in [-0.4, -0.2) is 56.1 Å². The maximum absolute atomic E-state index is 12.9. The average molecular weight is 413 g/mol. The highest BCUT2D eigenvalue weighted by Crippen LogP contribution is 2.26.